The van der Waals surface area contributed by atoms with Crippen molar-refractivity contribution in [2.45, 2.75) is 47.5 Å². The Kier molecular flexibility index (Phi) is 8.12. The first-order valence-corrected chi connectivity index (χ1v) is 6.99. The van der Waals surface area contributed by atoms with E-state index in [2.05, 4.69) is 0 Å². The van der Waals surface area contributed by atoms with Gasteiger partial charge in [-0.25, -0.2) is 0 Å². The van der Waals surface area contributed by atoms with Crippen LogP contribution < -0.4 is 0 Å². The third-order valence-electron chi connectivity index (χ3n) is 2.97. The molecule has 4 heteroatoms. The van der Waals surface area contributed by atoms with Gasteiger partial charge in [0.15, 0.2) is 5.41 Å². The average molecular weight is 270 g/mol. The summed E-state index contributed by atoms with van der Waals surface area (Å²) >= 11 is 0. The molecule has 0 N–H and O–H groups in total. The lowest BCUT2D eigenvalue weighted by molar-refractivity contribution is -0.171. The second-order valence-electron chi connectivity index (χ2n) is 4.66. The van der Waals surface area contributed by atoms with E-state index in [0.717, 1.165) is 12.8 Å². The first-order valence-electron chi connectivity index (χ1n) is 6.99. The quantitative estimate of drug-likeness (QED) is 0.386. The van der Waals surface area contributed by atoms with Crippen molar-refractivity contribution in [3.8, 4) is 0 Å². The predicted molar refractivity (Wildman–Crippen MR) is 74.6 cm³/mol. The van der Waals surface area contributed by atoms with Gasteiger partial charge in [-0.1, -0.05) is 39.3 Å². The summed E-state index contributed by atoms with van der Waals surface area (Å²) in [4.78, 5) is 24.5. The maximum absolute atomic E-state index is 12.2. The van der Waals surface area contributed by atoms with Crippen LogP contribution >= 0.6 is 0 Å². The highest BCUT2D eigenvalue weighted by atomic mass is 16.6. The number of carbonyl (C=O) groups excluding carboxylic acids is 2. The van der Waals surface area contributed by atoms with E-state index in [1.165, 1.54) is 0 Å². The van der Waals surface area contributed by atoms with E-state index in [0.29, 0.717) is 0 Å². The third kappa shape index (κ3) is 4.37. The van der Waals surface area contributed by atoms with E-state index < -0.39 is 17.4 Å². The van der Waals surface area contributed by atoms with Gasteiger partial charge in [0, 0.05) is 0 Å². The number of unbranched alkanes of at least 4 members (excludes halogenated alkanes) is 1. The highest BCUT2D eigenvalue weighted by Gasteiger charge is 2.49. The van der Waals surface area contributed by atoms with Gasteiger partial charge in [-0.3, -0.25) is 9.59 Å². The Labute approximate surface area is 116 Å². The Bertz CT molecular complexity index is 300. The number of carbonyl (C=O) groups is 2. The molecule has 0 saturated carbocycles. The predicted octanol–water partition coefficient (Wildman–Crippen LogP) is 3.11. The fourth-order valence-corrected chi connectivity index (χ4v) is 1.82. The number of rotatable bonds is 8. The van der Waals surface area contributed by atoms with Gasteiger partial charge < -0.3 is 9.47 Å². The Balaban J connectivity index is 5.46. The highest BCUT2D eigenvalue weighted by Crippen LogP contribution is 2.33. The summed E-state index contributed by atoms with van der Waals surface area (Å²) in [6.45, 7) is 9.63. The second-order valence-corrected chi connectivity index (χ2v) is 4.66. The van der Waals surface area contributed by atoms with Gasteiger partial charge in [0.2, 0.25) is 0 Å². The molecule has 0 aliphatic carbocycles. The first kappa shape index (κ1) is 17.7. The van der Waals surface area contributed by atoms with Crippen LogP contribution in [0.2, 0.25) is 0 Å². The Morgan fingerprint density at radius 2 is 1.53 bits per heavy atom. The number of hydrogen-bond acceptors (Lipinski definition) is 4. The van der Waals surface area contributed by atoms with E-state index in [4.69, 9.17) is 9.47 Å². The topological polar surface area (TPSA) is 52.6 Å². The van der Waals surface area contributed by atoms with Crippen LogP contribution in [0.1, 0.15) is 47.5 Å². The van der Waals surface area contributed by atoms with E-state index in [1.54, 1.807) is 19.9 Å². The maximum Gasteiger partial charge on any atom is 0.327 e. The molecule has 110 valence electrons. The van der Waals surface area contributed by atoms with Crippen LogP contribution in [-0.2, 0) is 19.1 Å². The number of hydrogen-bond donors (Lipinski definition) is 0. The maximum atomic E-state index is 12.2. The number of allylic oxidation sites excluding steroid dienone is 1. The summed E-state index contributed by atoms with van der Waals surface area (Å²) in [6.07, 6.45) is 5.27. The molecule has 0 fully saturated rings. The Morgan fingerprint density at radius 1 is 1.05 bits per heavy atom. The fraction of sp³-hybridized carbons (Fsp3) is 0.733. The van der Waals surface area contributed by atoms with Gasteiger partial charge in [-0.05, 0) is 26.2 Å². The largest absolute Gasteiger partial charge is 0.465 e. The van der Waals surface area contributed by atoms with Gasteiger partial charge >= 0.3 is 11.9 Å². The first-order chi connectivity index (χ1) is 8.97. The summed E-state index contributed by atoms with van der Waals surface area (Å²) < 4.78 is 10.2. The average Bonchev–Trinajstić information content (AvgIpc) is 2.34. The molecule has 0 radical (unpaired) electrons. The van der Waals surface area contributed by atoms with Gasteiger partial charge in [0.25, 0.3) is 0 Å². The van der Waals surface area contributed by atoms with Crippen LogP contribution in [0.4, 0.5) is 0 Å². The molecule has 0 amide bonds. The van der Waals surface area contributed by atoms with Crippen molar-refractivity contribution in [2.75, 3.05) is 13.2 Å². The SMILES string of the molecule is CCC/C=C\C(C(=O)OCC)(C(=O)OCC)C(C)C. The van der Waals surface area contributed by atoms with E-state index >= 15 is 0 Å². The number of esters is 2. The monoisotopic (exact) mass is 270 g/mol. The fourth-order valence-electron chi connectivity index (χ4n) is 1.82. The summed E-state index contributed by atoms with van der Waals surface area (Å²) in [5.74, 6) is -1.29. The third-order valence-corrected chi connectivity index (χ3v) is 2.97. The molecule has 0 bridgehead atoms. The molecular formula is C15H26O4. The molecule has 0 aromatic carbocycles. The minimum Gasteiger partial charge on any atom is -0.465 e. The van der Waals surface area contributed by atoms with Crippen LogP contribution in [0.5, 0.6) is 0 Å². The minimum absolute atomic E-state index is 0.223. The molecule has 0 aromatic rings. The van der Waals surface area contributed by atoms with Gasteiger partial charge in [-0.15, -0.1) is 0 Å². The summed E-state index contributed by atoms with van der Waals surface area (Å²) in [5, 5.41) is 0. The Morgan fingerprint density at radius 3 is 1.84 bits per heavy atom. The van der Waals surface area contributed by atoms with Crippen LogP contribution in [0, 0.1) is 11.3 Å². The van der Waals surface area contributed by atoms with Crippen molar-refractivity contribution in [2.24, 2.45) is 11.3 Å². The molecule has 4 nitrogen and oxygen atoms in total. The molecule has 0 unspecified atom stereocenters. The summed E-state index contributed by atoms with van der Waals surface area (Å²) in [6, 6.07) is 0. The molecular weight excluding hydrogens is 244 g/mol. The van der Waals surface area contributed by atoms with Crippen molar-refractivity contribution in [3.63, 3.8) is 0 Å². The van der Waals surface area contributed by atoms with Gasteiger partial charge in [0.1, 0.15) is 0 Å². The lowest BCUT2D eigenvalue weighted by Gasteiger charge is -2.29. The molecule has 0 atom stereocenters. The van der Waals surface area contributed by atoms with Crippen molar-refractivity contribution < 1.29 is 19.1 Å². The lowest BCUT2D eigenvalue weighted by atomic mass is 9.76. The molecule has 0 heterocycles. The van der Waals surface area contributed by atoms with Crippen molar-refractivity contribution in [1.82, 2.24) is 0 Å². The van der Waals surface area contributed by atoms with Crippen LogP contribution in [-0.4, -0.2) is 25.2 Å². The van der Waals surface area contributed by atoms with Crippen LogP contribution in [0.25, 0.3) is 0 Å². The Hall–Kier alpha value is -1.32. The van der Waals surface area contributed by atoms with Crippen LogP contribution in [0.15, 0.2) is 12.2 Å². The molecule has 0 aliphatic rings. The summed E-state index contributed by atoms with van der Waals surface area (Å²) in [5.41, 5.74) is -1.33. The summed E-state index contributed by atoms with van der Waals surface area (Å²) in [7, 11) is 0. The van der Waals surface area contributed by atoms with Crippen molar-refractivity contribution >= 4 is 11.9 Å². The zero-order chi connectivity index (χ0) is 14.9. The second kappa shape index (κ2) is 8.73. The van der Waals surface area contributed by atoms with Crippen molar-refractivity contribution in [1.29, 1.82) is 0 Å². The van der Waals surface area contributed by atoms with Gasteiger partial charge in [-0.2, -0.15) is 0 Å². The van der Waals surface area contributed by atoms with Gasteiger partial charge in [0.05, 0.1) is 13.2 Å². The minimum atomic E-state index is -1.33. The zero-order valence-corrected chi connectivity index (χ0v) is 12.7. The van der Waals surface area contributed by atoms with E-state index in [-0.39, 0.29) is 19.1 Å². The van der Waals surface area contributed by atoms with E-state index in [1.807, 2.05) is 26.8 Å². The van der Waals surface area contributed by atoms with Crippen LogP contribution in [0.3, 0.4) is 0 Å². The molecule has 0 spiro atoms. The normalized spacial score (nSPS) is 11.9. The lowest BCUT2D eigenvalue weighted by Crippen LogP contribution is -2.44. The molecule has 0 rings (SSSR count). The standard InChI is InChI=1S/C15H26O4/c1-6-9-10-11-15(12(4)5,13(16)18-7-2)14(17)19-8-3/h10-12H,6-9H2,1-5H3/b11-10-. The smallest absolute Gasteiger partial charge is 0.327 e. The molecule has 0 aromatic heterocycles. The van der Waals surface area contributed by atoms with Crippen molar-refractivity contribution in [3.05, 3.63) is 12.2 Å². The van der Waals surface area contributed by atoms with E-state index in [9.17, 15) is 9.59 Å². The highest BCUT2D eigenvalue weighted by molar-refractivity contribution is 6.02. The zero-order valence-electron chi connectivity index (χ0n) is 12.7. The molecule has 0 aliphatic heterocycles. The molecule has 0 saturated heterocycles. The molecule has 19 heavy (non-hydrogen) atoms. The number of ether oxygens (including phenoxy) is 2.